The number of aliphatic hydroxyl groups excluding tert-OH is 5. The molecule has 1 aliphatic heterocycles. The van der Waals surface area contributed by atoms with E-state index < -0.39 is 49.5 Å². The summed E-state index contributed by atoms with van der Waals surface area (Å²) in [6.07, 6.45) is 46.3. The number of carbonyl (C=O) groups is 2. The summed E-state index contributed by atoms with van der Waals surface area (Å²) in [4.78, 5) is 25.1. The maximum Gasteiger partial charge on any atom is 0.305 e. The molecule has 0 aromatic heterocycles. The van der Waals surface area contributed by atoms with Crippen molar-refractivity contribution >= 4 is 11.9 Å². The van der Waals surface area contributed by atoms with Crippen LogP contribution in [0.3, 0.4) is 0 Å². The Kier molecular flexibility index (Phi) is 43.0. The Bertz CT molecular complexity index is 1250. The van der Waals surface area contributed by atoms with Crippen molar-refractivity contribution < 1.29 is 49.3 Å². The van der Waals surface area contributed by atoms with Gasteiger partial charge in [0.05, 0.1) is 32.0 Å². The number of ether oxygens (including phenoxy) is 3. The Hall–Kier alpha value is -2.38. The summed E-state index contributed by atoms with van der Waals surface area (Å²) in [5.41, 5.74) is 0. The third-order valence-electron chi connectivity index (χ3n) is 12.7. The van der Waals surface area contributed by atoms with Crippen molar-refractivity contribution in [3.05, 3.63) is 48.6 Å². The monoisotopic (exact) mass is 948 g/mol. The van der Waals surface area contributed by atoms with Crippen LogP contribution in [0.25, 0.3) is 0 Å². The van der Waals surface area contributed by atoms with Gasteiger partial charge >= 0.3 is 5.97 Å². The molecule has 7 atom stereocenters. The standard InChI is InChI=1S/C56H101NO10/c1-3-5-7-9-11-13-14-15-16-17-18-19-20-24-28-32-36-40-44-52(61)65-45-41-37-33-29-25-22-21-23-27-31-35-39-43-51(60)57-48(49(59)42-38-34-30-26-12-10-8-6-4-2)47-66-56-55(64)54(63)53(62)50(46-58)67-56/h13-14,16-17,22,25,38,42,48-50,53-56,58-59,62-64H,3-12,15,18-21,23-24,26-37,39-41,43-47H2,1-2H3,(H,57,60)/b14-13-,17-16-,25-22-,42-38+. The highest BCUT2D eigenvalue weighted by molar-refractivity contribution is 5.76. The average Bonchev–Trinajstić information content (AvgIpc) is 3.32. The first-order valence-corrected chi connectivity index (χ1v) is 27.4. The molecule has 11 heteroatoms. The summed E-state index contributed by atoms with van der Waals surface area (Å²) in [5, 5.41) is 54.1. The third-order valence-corrected chi connectivity index (χ3v) is 12.7. The number of esters is 1. The van der Waals surface area contributed by atoms with Crippen molar-refractivity contribution in [2.75, 3.05) is 19.8 Å². The maximum absolute atomic E-state index is 13.0. The zero-order chi connectivity index (χ0) is 48.8. The van der Waals surface area contributed by atoms with Crippen molar-refractivity contribution in [1.82, 2.24) is 5.32 Å². The average molecular weight is 948 g/mol. The molecule has 0 saturated carbocycles. The molecular weight excluding hydrogens is 847 g/mol. The van der Waals surface area contributed by atoms with Gasteiger partial charge in [0.25, 0.3) is 0 Å². The van der Waals surface area contributed by atoms with Crippen LogP contribution < -0.4 is 5.32 Å². The summed E-state index contributed by atoms with van der Waals surface area (Å²) in [7, 11) is 0. The summed E-state index contributed by atoms with van der Waals surface area (Å²) < 4.78 is 16.6. The van der Waals surface area contributed by atoms with Crippen molar-refractivity contribution in [3.63, 3.8) is 0 Å². The Morgan fingerprint density at radius 1 is 0.552 bits per heavy atom. The number of hydrogen-bond donors (Lipinski definition) is 6. The lowest BCUT2D eigenvalue weighted by molar-refractivity contribution is -0.302. The molecule has 67 heavy (non-hydrogen) atoms. The molecule has 390 valence electrons. The quantitative estimate of drug-likeness (QED) is 0.0196. The molecular formula is C56H101NO10. The van der Waals surface area contributed by atoms with E-state index in [9.17, 15) is 35.1 Å². The topological polar surface area (TPSA) is 175 Å². The van der Waals surface area contributed by atoms with Crippen LogP contribution in [0.4, 0.5) is 0 Å². The summed E-state index contributed by atoms with van der Waals surface area (Å²) in [6, 6.07) is -0.828. The second-order valence-electron chi connectivity index (χ2n) is 18.9. The molecule has 0 aromatic carbocycles. The van der Waals surface area contributed by atoms with Gasteiger partial charge in [-0.2, -0.15) is 0 Å². The van der Waals surface area contributed by atoms with Crippen LogP contribution in [-0.4, -0.2) is 100 Å². The lowest BCUT2D eigenvalue weighted by Gasteiger charge is -2.40. The molecule has 0 aliphatic carbocycles. The highest BCUT2D eigenvalue weighted by atomic mass is 16.7. The molecule has 0 bridgehead atoms. The fourth-order valence-electron chi connectivity index (χ4n) is 8.22. The highest BCUT2D eigenvalue weighted by Crippen LogP contribution is 2.23. The van der Waals surface area contributed by atoms with Gasteiger partial charge in [0.15, 0.2) is 6.29 Å². The van der Waals surface area contributed by atoms with E-state index in [0.29, 0.717) is 19.4 Å². The molecule has 0 aromatic rings. The molecule has 1 rings (SSSR count). The minimum atomic E-state index is -1.58. The molecule has 1 aliphatic rings. The lowest BCUT2D eigenvalue weighted by Crippen LogP contribution is -2.60. The van der Waals surface area contributed by atoms with Gasteiger partial charge in [-0.1, -0.05) is 172 Å². The number of unbranched alkanes of at least 4 members (excludes halogenated alkanes) is 26. The van der Waals surface area contributed by atoms with Gasteiger partial charge in [-0.15, -0.1) is 0 Å². The van der Waals surface area contributed by atoms with E-state index in [0.717, 1.165) is 103 Å². The SMILES string of the molecule is CCCCCC/C=C\C/C=C\CCCCCCCCCC(=O)OCCCCC/C=C\CCCCCCCC(=O)NC(COC1OC(CO)C(O)C(O)C1O)C(O)/C=C/CCCCCCCCC. The van der Waals surface area contributed by atoms with E-state index in [4.69, 9.17) is 14.2 Å². The summed E-state index contributed by atoms with van der Waals surface area (Å²) in [6.45, 7) is 4.19. The molecule has 7 unspecified atom stereocenters. The van der Waals surface area contributed by atoms with E-state index in [1.165, 1.54) is 103 Å². The van der Waals surface area contributed by atoms with Crippen LogP contribution in [0.5, 0.6) is 0 Å². The largest absolute Gasteiger partial charge is 0.466 e. The fourth-order valence-corrected chi connectivity index (χ4v) is 8.22. The van der Waals surface area contributed by atoms with Crippen molar-refractivity contribution in [2.24, 2.45) is 0 Å². The van der Waals surface area contributed by atoms with Crippen LogP contribution in [0.2, 0.25) is 0 Å². The second kappa shape index (κ2) is 46.0. The molecule has 11 nitrogen and oxygen atoms in total. The van der Waals surface area contributed by atoms with Crippen LogP contribution >= 0.6 is 0 Å². The number of carbonyl (C=O) groups excluding carboxylic acids is 2. The molecule has 6 N–H and O–H groups in total. The number of allylic oxidation sites excluding steroid dienone is 7. The van der Waals surface area contributed by atoms with E-state index in [-0.39, 0.29) is 18.5 Å². The van der Waals surface area contributed by atoms with Crippen molar-refractivity contribution in [2.45, 2.75) is 275 Å². The summed E-state index contributed by atoms with van der Waals surface area (Å²) >= 11 is 0. The Morgan fingerprint density at radius 3 is 1.54 bits per heavy atom. The minimum absolute atomic E-state index is 0.0552. The van der Waals surface area contributed by atoms with Gasteiger partial charge in [-0.3, -0.25) is 9.59 Å². The number of rotatable bonds is 46. The molecule has 1 saturated heterocycles. The van der Waals surface area contributed by atoms with Crippen molar-refractivity contribution in [1.29, 1.82) is 0 Å². The zero-order valence-electron chi connectivity index (χ0n) is 42.6. The molecule has 0 radical (unpaired) electrons. The van der Waals surface area contributed by atoms with Crippen LogP contribution in [-0.2, 0) is 23.8 Å². The van der Waals surface area contributed by atoms with E-state index in [1.54, 1.807) is 6.08 Å². The highest BCUT2D eigenvalue weighted by Gasteiger charge is 2.44. The Labute approximate surface area is 408 Å². The Morgan fingerprint density at radius 2 is 1.00 bits per heavy atom. The van der Waals surface area contributed by atoms with Gasteiger partial charge in [0.2, 0.25) is 5.91 Å². The van der Waals surface area contributed by atoms with Crippen molar-refractivity contribution in [3.8, 4) is 0 Å². The van der Waals surface area contributed by atoms with E-state index in [2.05, 4.69) is 55.6 Å². The normalized spacial score (nSPS) is 19.9. The first kappa shape index (κ1) is 62.6. The Balaban J connectivity index is 2.11. The first-order valence-electron chi connectivity index (χ1n) is 27.4. The zero-order valence-corrected chi connectivity index (χ0v) is 42.6. The van der Waals surface area contributed by atoms with Crippen LogP contribution in [0.15, 0.2) is 48.6 Å². The predicted molar refractivity (Wildman–Crippen MR) is 274 cm³/mol. The fraction of sp³-hybridized carbons (Fsp3) is 0.821. The van der Waals surface area contributed by atoms with Crippen LogP contribution in [0.1, 0.15) is 232 Å². The van der Waals surface area contributed by atoms with Gasteiger partial charge in [0.1, 0.15) is 24.4 Å². The predicted octanol–water partition coefficient (Wildman–Crippen LogP) is 11.7. The number of aliphatic hydroxyl groups is 5. The first-order chi connectivity index (χ1) is 32.7. The maximum atomic E-state index is 13.0. The summed E-state index contributed by atoms with van der Waals surface area (Å²) in [5.74, 6) is -0.267. The van der Waals surface area contributed by atoms with Gasteiger partial charge in [-0.25, -0.2) is 0 Å². The third kappa shape index (κ3) is 36.3. The molecule has 1 fully saturated rings. The second-order valence-corrected chi connectivity index (χ2v) is 18.9. The van der Waals surface area contributed by atoms with Gasteiger partial charge in [-0.05, 0) is 96.3 Å². The number of hydrogen-bond acceptors (Lipinski definition) is 10. The minimum Gasteiger partial charge on any atom is -0.466 e. The van der Waals surface area contributed by atoms with E-state index >= 15 is 0 Å². The van der Waals surface area contributed by atoms with E-state index in [1.807, 2.05) is 6.08 Å². The lowest BCUT2D eigenvalue weighted by atomic mass is 9.99. The number of nitrogens with one attached hydrogen (secondary N) is 1. The number of amides is 1. The van der Waals surface area contributed by atoms with Gasteiger partial charge < -0.3 is 45.1 Å². The van der Waals surface area contributed by atoms with Gasteiger partial charge in [0, 0.05) is 12.8 Å². The smallest absolute Gasteiger partial charge is 0.305 e. The molecule has 1 amide bonds. The van der Waals surface area contributed by atoms with Crippen LogP contribution in [0, 0.1) is 0 Å². The molecule has 0 spiro atoms. The molecule has 1 heterocycles.